The number of aromatic nitrogens is 3. The van der Waals surface area contributed by atoms with Crippen LogP contribution in [-0.4, -0.2) is 28.0 Å². The number of quaternary nitrogens is 1. The number of anilines is 1. The number of nitrogens with one attached hydrogen (secondary N) is 1. The maximum atomic E-state index is 6.11. The number of fused-ring (bicyclic) bond motifs is 5. The summed E-state index contributed by atoms with van der Waals surface area (Å²) in [4.78, 5) is 13.7. The van der Waals surface area contributed by atoms with Gasteiger partial charge in [0.2, 0.25) is 5.71 Å². The highest BCUT2D eigenvalue weighted by Gasteiger charge is 2.23. The minimum absolute atomic E-state index is 0.715. The molecule has 0 radical (unpaired) electrons. The van der Waals surface area contributed by atoms with Crippen LogP contribution in [0.25, 0.3) is 22.2 Å². The maximum Gasteiger partial charge on any atom is 0.229 e. The molecule has 1 aliphatic carbocycles. The molecule has 0 saturated carbocycles. The summed E-state index contributed by atoms with van der Waals surface area (Å²) in [6, 6.07) is 0. The van der Waals surface area contributed by atoms with Gasteiger partial charge >= 0.3 is 0 Å². The Bertz CT molecular complexity index is 886. The first kappa shape index (κ1) is 15.3. The van der Waals surface area contributed by atoms with E-state index >= 15 is 0 Å². The summed E-state index contributed by atoms with van der Waals surface area (Å²) in [6.45, 7) is 3.75. The quantitative estimate of drug-likeness (QED) is 0.750. The minimum Gasteiger partial charge on any atom is -0.432 e. The van der Waals surface area contributed by atoms with Crippen LogP contribution < -0.4 is 11.1 Å². The van der Waals surface area contributed by atoms with Crippen LogP contribution in [0.4, 0.5) is 5.82 Å². The fourth-order valence-electron chi connectivity index (χ4n) is 3.71. The summed E-state index contributed by atoms with van der Waals surface area (Å²) >= 11 is 0. The van der Waals surface area contributed by atoms with E-state index in [0.717, 1.165) is 61.1 Å². The number of aryl methyl sites for hydroxylation is 2. The third-order valence-electron chi connectivity index (χ3n) is 4.76. The summed E-state index contributed by atoms with van der Waals surface area (Å²) in [6.07, 6.45) is 8.40. The largest absolute Gasteiger partial charge is 0.432 e. The highest BCUT2D eigenvalue weighted by Crippen LogP contribution is 2.37. The van der Waals surface area contributed by atoms with E-state index < -0.39 is 0 Å². The summed E-state index contributed by atoms with van der Waals surface area (Å²) in [7, 11) is 0. The van der Waals surface area contributed by atoms with Crippen LogP contribution in [0.3, 0.4) is 0 Å². The van der Waals surface area contributed by atoms with Crippen molar-refractivity contribution >= 4 is 28.0 Å². The monoisotopic (exact) mass is 326 g/mol. The van der Waals surface area contributed by atoms with Crippen molar-refractivity contribution in [1.29, 1.82) is 0 Å². The molecule has 0 fully saturated rings. The van der Waals surface area contributed by atoms with Crippen molar-refractivity contribution < 1.29 is 10.2 Å². The Morgan fingerprint density at radius 1 is 1.21 bits per heavy atom. The summed E-state index contributed by atoms with van der Waals surface area (Å²) < 4.78 is 6.11. The van der Waals surface area contributed by atoms with Gasteiger partial charge in [-0.2, -0.15) is 0 Å². The molecule has 3 aromatic heterocycles. The lowest BCUT2D eigenvalue weighted by Crippen LogP contribution is -2.53. The molecule has 0 unspecified atom stereocenters. The molecular weight excluding hydrogens is 302 g/mol. The standard InChI is InChI=1S/C18H23N5O/c1-2-5-13-11-6-3-4-7-12(11)14-15-16(24-18(14)23-13)17(20-9-8-19)22-10-21-15/h10H,2-9,19H2,1H3,(H,20,21,22)/p+1. The van der Waals surface area contributed by atoms with E-state index in [0.29, 0.717) is 5.71 Å². The van der Waals surface area contributed by atoms with Crippen LogP contribution in [0, 0.1) is 0 Å². The van der Waals surface area contributed by atoms with Crippen LogP contribution in [0.2, 0.25) is 0 Å². The Morgan fingerprint density at radius 3 is 2.83 bits per heavy atom. The van der Waals surface area contributed by atoms with E-state index in [4.69, 9.17) is 9.40 Å². The van der Waals surface area contributed by atoms with Crippen molar-refractivity contribution in [3.8, 4) is 0 Å². The van der Waals surface area contributed by atoms with Gasteiger partial charge in [0.15, 0.2) is 11.4 Å². The van der Waals surface area contributed by atoms with Gasteiger partial charge in [-0.1, -0.05) is 13.3 Å². The van der Waals surface area contributed by atoms with Gasteiger partial charge in [0.25, 0.3) is 0 Å². The molecule has 0 amide bonds. The second kappa shape index (κ2) is 6.36. The van der Waals surface area contributed by atoms with E-state index in [1.54, 1.807) is 6.33 Å². The van der Waals surface area contributed by atoms with E-state index in [-0.39, 0.29) is 0 Å². The molecule has 6 heteroatoms. The van der Waals surface area contributed by atoms with Gasteiger partial charge in [0.05, 0.1) is 18.5 Å². The first-order chi connectivity index (χ1) is 11.8. The first-order valence-corrected chi connectivity index (χ1v) is 8.94. The van der Waals surface area contributed by atoms with Crippen molar-refractivity contribution in [2.45, 2.75) is 45.4 Å². The predicted molar refractivity (Wildman–Crippen MR) is 94.0 cm³/mol. The molecule has 4 N–H and O–H groups in total. The number of furan rings is 1. The summed E-state index contributed by atoms with van der Waals surface area (Å²) in [5.41, 5.74) is 10.2. The molecular formula is C18H24N5O+. The van der Waals surface area contributed by atoms with E-state index in [9.17, 15) is 0 Å². The topological polar surface area (TPSA) is 91.5 Å². The second-order valence-corrected chi connectivity index (χ2v) is 6.44. The van der Waals surface area contributed by atoms with Gasteiger partial charge in [-0.3, -0.25) is 0 Å². The normalized spacial score (nSPS) is 14.2. The molecule has 24 heavy (non-hydrogen) atoms. The summed E-state index contributed by atoms with van der Waals surface area (Å²) in [5.74, 6) is 0.739. The van der Waals surface area contributed by atoms with Crippen LogP contribution >= 0.6 is 0 Å². The Morgan fingerprint density at radius 2 is 2.04 bits per heavy atom. The van der Waals surface area contributed by atoms with E-state index in [1.807, 2.05) is 0 Å². The van der Waals surface area contributed by atoms with Gasteiger partial charge in [-0.15, -0.1) is 0 Å². The number of hydrogen-bond donors (Lipinski definition) is 2. The number of rotatable bonds is 5. The lowest BCUT2D eigenvalue weighted by Gasteiger charge is -2.19. The molecule has 3 aromatic rings. The SMILES string of the molecule is CCCc1nc2oc3c(NCC[NH3+])ncnc3c2c2c1CCCC2. The molecule has 0 spiro atoms. The minimum atomic E-state index is 0.715. The van der Waals surface area contributed by atoms with Crippen LogP contribution in [0.5, 0.6) is 0 Å². The Hall–Kier alpha value is -2.21. The average molecular weight is 326 g/mol. The molecule has 0 atom stereocenters. The molecule has 0 bridgehead atoms. The Labute approximate surface area is 140 Å². The smallest absolute Gasteiger partial charge is 0.229 e. The van der Waals surface area contributed by atoms with Crippen molar-refractivity contribution in [2.24, 2.45) is 0 Å². The third kappa shape index (κ3) is 2.41. The van der Waals surface area contributed by atoms with E-state index in [1.165, 1.54) is 29.7 Å². The highest BCUT2D eigenvalue weighted by atomic mass is 16.3. The molecule has 4 rings (SSSR count). The molecule has 0 saturated heterocycles. The third-order valence-corrected chi connectivity index (χ3v) is 4.76. The van der Waals surface area contributed by atoms with Crippen molar-refractivity contribution in [1.82, 2.24) is 15.0 Å². The molecule has 3 heterocycles. The maximum absolute atomic E-state index is 6.11. The van der Waals surface area contributed by atoms with Crippen LogP contribution in [0.15, 0.2) is 10.7 Å². The molecule has 126 valence electrons. The Kier molecular flexibility index (Phi) is 4.06. The number of pyridine rings is 1. The average Bonchev–Trinajstić information content (AvgIpc) is 2.99. The number of hydrogen-bond acceptors (Lipinski definition) is 5. The fourth-order valence-corrected chi connectivity index (χ4v) is 3.71. The summed E-state index contributed by atoms with van der Waals surface area (Å²) in [5, 5.41) is 4.38. The molecule has 0 aromatic carbocycles. The van der Waals surface area contributed by atoms with Crippen molar-refractivity contribution in [3.05, 3.63) is 23.1 Å². The first-order valence-electron chi connectivity index (χ1n) is 8.94. The van der Waals surface area contributed by atoms with Crippen molar-refractivity contribution in [3.63, 3.8) is 0 Å². The van der Waals surface area contributed by atoms with Gasteiger partial charge in [-0.25, -0.2) is 15.0 Å². The fraction of sp³-hybridized carbons (Fsp3) is 0.500. The van der Waals surface area contributed by atoms with Gasteiger partial charge in [-0.05, 0) is 43.2 Å². The lowest BCUT2D eigenvalue weighted by atomic mass is 9.88. The zero-order valence-corrected chi connectivity index (χ0v) is 14.2. The zero-order chi connectivity index (χ0) is 16.5. The number of nitrogens with zero attached hydrogens (tertiary/aromatic N) is 3. The molecule has 0 aliphatic heterocycles. The van der Waals surface area contributed by atoms with Crippen LogP contribution in [0.1, 0.15) is 43.0 Å². The second-order valence-electron chi connectivity index (χ2n) is 6.44. The van der Waals surface area contributed by atoms with Gasteiger partial charge < -0.3 is 15.5 Å². The molecule has 6 nitrogen and oxygen atoms in total. The van der Waals surface area contributed by atoms with E-state index in [2.05, 4.69) is 27.9 Å². The van der Waals surface area contributed by atoms with Crippen LogP contribution in [-0.2, 0) is 19.3 Å². The highest BCUT2D eigenvalue weighted by molar-refractivity contribution is 6.06. The van der Waals surface area contributed by atoms with Gasteiger partial charge in [0, 0.05) is 5.69 Å². The predicted octanol–water partition coefficient (Wildman–Crippen LogP) is 2.26. The van der Waals surface area contributed by atoms with Crippen molar-refractivity contribution in [2.75, 3.05) is 18.4 Å². The lowest BCUT2D eigenvalue weighted by molar-refractivity contribution is -0.362. The Balaban J connectivity index is 1.98. The molecule has 1 aliphatic rings. The van der Waals surface area contributed by atoms with Gasteiger partial charge in [0.1, 0.15) is 11.8 Å². The zero-order valence-electron chi connectivity index (χ0n) is 14.2.